The zero-order chi connectivity index (χ0) is 11.6. The summed E-state index contributed by atoms with van der Waals surface area (Å²) in [5.74, 6) is -0.452. The van der Waals surface area contributed by atoms with Crippen LogP contribution in [0, 0.1) is 0 Å². The van der Waals surface area contributed by atoms with Gasteiger partial charge in [-0.05, 0) is 32.9 Å². The number of carbonyl (C=O) groups excluding carboxylic acids is 1. The first kappa shape index (κ1) is 11.4. The summed E-state index contributed by atoms with van der Waals surface area (Å²) in [5, 5.41) is 0. The molecule has 4 N–H and O–H groups in total. The van der Waals surface area contributed by atoms with Crippen LogP contribution in [0.5, 0.6) is 0 Å². The molecule has 0 aliphatic rings. The van der Waals surface area contributed by atoms with E-state index in [9.17, 15) is 4.79 Å². The van der Waals surface area contributed by atoms with E-state index in [-0.39, 0.29) is 5.69 Å². The Balaban J connectivity index is 2.97. The van der Waals surface area contributed by atoms with Crippen molar-refractivity contribution in [1.29, 1.82) is 0 Å². The van der Waals surface area contributed by atoms with Crippen molar-refractivity contribution < 1.29 is 9.53 Å². The van der Waals surface area contributed by atoms with Crippen LogP contribution in [0.2, 0.25) is 0 Å². The quantitative estimate of drug-likeness (QED) is 0.545. The highest BCUT2D eigenvalue weighted by Gasteiger charge is 2.20. The normalized spacial score (nSPS) is 11.1. The number of anilines is 2. The fourth-order valence-electron chi connectivity index (χ4n) is 1.09. The van der Waals surface area contributed by atoms with E-state index in [1.54, 1.807) is 39.0 Å². The van der Waals surface area contributed by atoms with Gasteiger partial charge >= 0.3 is 5.97 Å². The predicted octanol–water partition coefficient (Wildman–Crippen LogP) is 1.81. The summed E-state index contributed by atoms with van der Waals surface area (Å²) >= 11 is 0. The van der Waals surface area contributed by atoms with E-state index in [0.29, 0.717) is 11.3 Å². The summed E-state index contributed by atoms with van der Waals surface area (Å²) in [4.78, 5) is 11.7. The third-order valence-electron chi connectivity index (χ3n) is 1.76. The number of hydrogen-bond acceptors (Lipinski definition) is 4. The third kappa shape index (κ3) is 2.87. The summed E-state index contributed by atoms with van der Waals surface area (Å²) in [5.41, 5.74) is 11.7. The molecular formula is C11H16N2O2. The van der Waals surface area contributed by atoms with Crippen LogP contribution in [-0.4, -0.2) is 11.6 Å². The van der Waals surface area contributed by atoms with Crippen LogP contribution in [0.25, 0.3) is 0 Å². The molecule has 0 atom stereocenters. The zero-order valence-electron chi connectivity index (χ0n) is 9.20. The minimum absolute atomic E-state index is 0.270. The minimum Gasteiger partial charge on any atom is -0.456 e. The second kappa shape index (κ2) is 3.81. The van der Waals surface area contributed by atoms with Crippen molar-refractivity contribution in [2.45, 2.75) is 26.4 Å². The summed E-state index contributed by atoms with van der Waals surface area (Å²) < 4.78 is 5.19. The molecule has 0 saturated heterocycles. The lowest BCUT2D eigenvalue weighted by atomic mass is 10.1. The van der Waals surface area contributed by atoms with Gasteiger partial charge in [0.2, 0.25) is 0 Å². The maximum Gasteiger partial charge on any atom is 0.340 e. The first-order valence-electron chi connectivity index (χ1n) is 4.68. The van der Waals surface area contributed by atoms with E-state index in [2.05, 4.69) is 0 Å². The van der Waals surface area contributed by atoms with E-state index >= 15 is 0 Å². The van der Waals surface area contributed by atoms with E-state index in [1.807, 2.05) is 0 Å². The van der Waals surface area contributed by atoms with Gasteiger partial charge in [-0.3, -0.25) is 0 Å². The van der Waals surface area contributed by atoms with Crippen molar-refractivity contribution in [3.05, 3.63) is 23.8 Å². The molecule has 15 heavy (non-hydrogen) atoms. The standard InChI is InChI=1S/C11H16N2O2/c1-11(2,3)15-10(14)7-5-4-6-8(12)9(7)13/h4-6H,12-13H2,1-3H3. The average Bonchev–Trinajstić information content (AvgIpc) is 2.06. The molecule has 1 rings (SSSR count). The van der Waals surface area contributed by atoms with Gasteiger partial charge in [0, 0.05) is 0 Å². The van der Waals surface area contributed by atoms with Crippen LogP contribution in [0.4, 0.5) is 11.4 Å². The molecule has 4 nitrogen and oxygen atoms in total. The molecule has 0 aliphatic carbocycles. The van der Waals surface area contributed by atoms with Crippen molar-refractivity contribution >= 4 is 17.3 Å². The second-order valence-electron chi connectivity index (χ2n) is 4.31. The summed E-state index contributed by atoms with van der Waals surface area (Å²) in [6.07, 6.45) is 0. The number of ether oxygens (including phenoxy) is 1. The number of para-hydroxylation sites is 1. The first-order valence-corrected chi connectivity index (χ1v) is 4.68. The van der Waals surface area contributed by atoms with Gasteiger partial charge in [-0.15, -0.1) is 0 Å². The van der Waals surface area contributed by atoms with E-state index in [4.69, 9.17) is 16.2 Å². The monoisotopic (exact) mass is 208 g/mol. The Morgan fingerprint density at radius 1 is 1.27 bits per heavy atom. The number of esters is 1. The highest BCUT2D eigenvalue weighted by Crippen LogP contribution is 2.22. The van der Waals surface area contributed by atoms with Crippen LogP contribution in [0.15, 0.2) is 18.2 Å². The molecule has 0 spiro atoms. The van der Waals surface area contributed by atoms with Crippen LogP contribution in [0.1, 0.15) is 31.1 Å². The number of benzene rings is 1. The maximum atomic E-state index is 11.7. The lowest BCUT2D eigenvalue weighted by Gasteiger charge is -2.20. The zero-order valence-corrected chi connectivity index (χ0v) is 9.20. The molecule has 1 aromatic rings. The molecule has 0 bridgehead atoms. The molecule has 0 saturated carbocycles. The van der Waals surface area contributed by atoms with Crippen LogP contribution in [-0.2, 0) is 4.74 Å². The van der Waals surface area contributed by atoms with Gasteiger partial charge in [-0.25, -0.2) is 4.79 Å². The Labute approximate surface area is 89.2 Å². The Morgan fingerprint density at radius 3 is 2.40 bits per heavy atom. The summed E-state index contributed by atoms with van der Waals surface area (Å²) in [6.45, 7) is 5.40. The average molecular weight is 208 g/mol. The first-order chi connectivity index (χ1) is 6.81. The van der Waals surface area contributed by atoms with Crippen molar-refractivity contribution in [3.8, 4) is 0 Å². The highest BCUT2D eigenvalue weighted by molar-refractivity contribution is 5.98. The predicted molar refractivity (Wildman–Crippen MR) is 60.4 cm³/mol. The molecule has 0 fully saturated rings. The van der Waals surface area contributed by atoms with Crippen LogP contribution in [0.3, 0.4) is 0 Å². The Bertz CT molecular complexity index is 381. The van der Waals surface area contributed by atoms with E-state index in [1.165, 1.54) is 0 Å². The SMILES string of the molecule is CC(C)(C)OC(=O)c1cccc(N)c1N. The molecule has 0 amide bonds. The lowest BCUT2D eigenvalue weighted by Crippen LogP contribution is -2.24. The lowest BCUT2D eigenvalue weighted by molar-refractivity contribution is 0.00709. The van der Waals surface area contributed by atoms with Crippen molar-refractivity contribution in [3.63, 3.8) is 0 Å². The Hall–Kier alpha value is -1.71. The smallest absolute Gasteiger partial charge is 0.340 e. The van der Waals surface area contributed by atoms with Gasteiger partial charge in [-0.2, -0.15) is 0 Å². The molecular weight excluding hydrogens is 192 g/mol. The number of nitrogens with two attached hydrogens (primary N) is 2. The third-order valence-corrected chi connectivity index (χ3v) is 1.76. The van der Waals surface area contributed by atoms with Crippen LogP contribution < -0.4 is 11.5 Å². The molecule has 0 unspecified atom stereocenters. The van der Waals surface area contributed by atoms with Gasteiger partial charge in [-0.1, -0.05) is 6.07 Å². The largest absolute Gasteiger partial charge is 0.456 e. The molecule has 0 aliphatic heterocycles. The summed E-state index contributed by atoms with van der Waals surface area (Å²) in [6, 6.07) is 4.91. The molecule has 0 radical (unpaired) electrons. The van der Waals surface area contributed by atoms with Crippen molar-refractivity contribution in [1.82, 2.24) is 0 Å². The Kier molecular flexibility index (Phi) is 2.88. The van der Waals surface area contributed by atoms with Gasteiger partial charge in [0.05, 0.1) is 16.9 Å². The van der Waals surface area contributed by atoms with E-state index in [0.717, 1.165) is 0 Å². The topological polar surface area (TPSA) is 78.3 Å². The number of hydrogen-bond donors (Lipinski definition) is 2. The Morgan fingerprint density at radius 2 is 1.87 bits per heavy atom. The number of nitrogen functional groups attached to an aromatic ring is 2. The molecule has 0 aromatic heterocycles. The fourth-order valence-corrected chi connectivity index (χ4v) is 1.09. The minimum atomic E-state index is -0.534. The van der Waals surface area contributed by atoms with Crippen molar-refractivity contribution in [2.24, 2.45) is 0 Å². The molecule has 0 heterocycles. The number of carbonyl (C=O) groups is 1. The second-order valence-corrected chi connectivity index (χ2v) is 4.31. The van der Waals surface area contributed by atoms with Crippen molar-refractivity contribution in [2.75, 3.05) is 11.5 Å². The molecule has 1 aromatic carbocycles. The van der Waals surface area contributed by atoms with Gasteiger partial charge in [0.1, 0.15) is 5.60 Å². The fraction of sp³-hybridized carbons (Fsp3) is 0.364. The van der Waals surface area contributed by atoms with Gasteiger partial charge in [0.15, 0.2) is 0 Å². The number of rotatable bonds is 1. The highest BCUT2D eigenvalue weighted by atomic mass is 16.6. The summed E-state index contributed by atoms with van der Waals surface area (Å²) in [7, 11) is 0. The molecule has 82 valence electrons. The maximum absolute atomic E-state index is 11.7. The van der Waals surface area contributed by atoms with Crippen LogP contribution >= 0.6 is 0 Å². The van der Waals surface area contributed by atoms with E-state index < -0.39 is 11.6 Å². The van der Waals surface area contributed by atoms with Gasteiger partial charge < -0.3 is 16.2 Å². The molecule has 4 heteroatoms. The van der Waals surface area contributed by atoms with Gasteiger partial charge in [0.25, 0.3) is 0 Å².